The first-order chi connectivity index (χ1) is 15.1. The smallest absolute Gasteiger partial charge is 0.338 e. The molecule has 8 nitrogen and oxygen atoms in total. The summed E-state index contributed by atoms with van der Waals surface area (Å²) in [6.07, 6.45) is 3.74. The lowest BCUT2D eigenvalue weighted by Gasteiger charge is -2.34. The summed E-state index contributed by atoms with van der Waals surface area (Å²) in [5.41, 5.74) is 5.28. The van der Waals surface area contributed by atoms with Gasteiger partial charge in [-0.3, -0.25) is 4.90 Å². The molecule has 1 unspecified atom stereocenters. The van der Waals surface area contributed by atoms with Crippen molar-refractivity contribution in [2.45, 2.75) is 26.1 Å². The minimum Gasteiger partial charge on any atom is -0.480 e. The van der Waals surface area contributed by atoms with E-state index in [1.807, 2.05) is 24.5 Å². The minimum atomic E-state index is -0.215. The number of aromatic nitrogens is 3. The fourth-order valence-corrected chi connectivity index (χ4v) is 4.36. The van der Waals surface area contributed by atoms with E-state index in [1.54, 1.807) is 17.9 Å². The van der Waals surface area contributed by atoms with E-state index in [9.17, 15) is 4.79 Å². The predicted molar refractivity (Wildman–Crippen MR) is 114 cm³/mol. The molecule has 2 aromatic heterocycles. The number of methoxy groups -OCH3 is 1. The topological polar surface area (TPSA) is 81.5 Å². The number of pyridine rings is 1. The van der Waals surface area contributed by atoms with Gasteiger partial charge in [-0.2, -0.15) is 0 Å². The highest BCUT2D eigenvalue weighted by Gasteiger charge is 2.28. The van der Waals surface area contributed by atoms with Gasteiger partial charge in [-0.15, -0.1) is 5.10 Å². The Morgan fingerprint density at radius 3 is 2.94 bits per heavy atom. The number of hydrogen-bond donors (Lipinski definition) is 1. The molecule has 1 atom stereocenters. The predicted octanol–water partition coefficient (Wildman–Crippen LogP) is 2.40. The average Bonchev–Trinajstić information content (AvgIpc) is 3.42. The SMILES string of the molecule is COc1ccn(-c2ccc(CN3CCNC(c4ccc5c(c4C)COC5=O)C3)cn2)n1. The lowest BCUT2D eigenvalue weighted by Crippen LogP contribution is -2.45. The van der Waals surface area contributed by atoms with E-state index in [0.29, 0.717) is 18.1 Å². The van der Waals surface area contributed by atoms with E-state index >= 15 is 0 Å². The van der Waals surface area contributed by atoms with E-state index in [-0.39, 0.29) is 12.0 Å². The Hall–Kier alpha value is -3.23. The molecule has 1 fully saturated rings. The lowest BCUT2D eigenvalue weighted by molar-refractivity contribution is 0.0535. The van der Waals surface area contributed by atoms with Crippen molar-refractivity contribution in [1.29, 1.82) is 0 Å². The summed E-state index contributed by atoms with van der Waals surface area (Å²) in [4.78, 5) is 18.8. The third kappa shape index (κ3) is 3.80. The number of rotatable bonds is 5. The van der Waals surface area contributed by atoms with Gasteiger partial charge in [0.2, 0.25) is 5.88 Å². The fourth-order valence-electron chi connectivity index (χ4n) is 4.36. The van der Waals surface area contributed by atoms with Crippen LogP contribution in [0.15, 0.2) is 42.7 Å². The molecule has 0 radical (unpaired) electrons. The second kappa shape index (κ2) is 8.13. The first-order valence-corrected chi connectivity index (χ1v) is 10.4. The van der Waals surface area contributed by atoms with Crippen LogP contribution in [0.5, 0.6) is 5.88 Å². The van der Waals surface area contributed by atoms with Crippen molar-refractivity contribution in [3.05, 3.63) is 70.5 Å². The van der Waals surface area contributed by atoms with Crippen LogP contribution < -0.4 is 10.1 Å². The van der Waals surface area contributed by atoms with E-state index in [1.165, 1.54) is 5.56 Å². The van der Waals surface area contributed by atoms with Crippen molar-refractivity contribution < 1.29 is 14.3 Å². The molecule has 0 aliphatic carbocycles. The zero-order chi connectivity index (χ0) is 21.4. The second-order valence-electron chi connectivity index (χ2n) is 7.95. The van der Waals surface area contributed by atoms with Crippen LogP contribution in [0.3, 0.4) is 0 Å². The van der Waals surface area contributed by atoms with Crippen molar-refractivity contribution in [1.82, 2.24) is 25.0 Å². The van der Waals surface area contributed by atoms with Crippen LogP contribution >= 0.6 is 0 Å². The molecule has 2 aliphatic heterocycles. The zero-order valence-corrected chi connectivity index (χ0v) is 17.7. The monoisotopic (exact) mass is 419 g/mol. The van der Waals surface area contributed by atoms with Crippen LogP contribution in [0.2, 0.25) is 0 Å². The van der Waals surface area contributed by atoms with Gasteiger partial charge in [-0.05, 0) is 35.7 Å². The van der Waals surface area contributed by atoms with Gasteiger partial charge in [0.1, 0.15) is 6.61 Å². The summed E-state index contributed by atoms with van der Waals surface area (Å²) in [6.45, 7) is 6.08. The Kier molecular flexibility index (Phi) is 5.17. The molecule has 8 heteroatoms. The number of fused-ring (bicyclic) bond motifs is 1. The van der Waals surface area contributed by atoms with Gasteiger partial charge in [-0.1, -0.05) is 12.1 Å². The maximum absolute atomic E-state index is 11.8. The number of carbonyl (C=O) groups excluding carboxylic acids is 1. The van der Waals surface area contributed by atoms with E-state index in [2.05, 4.69) is 39.4 Å². The highest BCUT2D eigenvalue weighted by Crippen LogP contribution is 2.30. The highest BCUT2D eigenvalue weighted by atomic mass is 16.5. The molecule has 31 heavy (non-hydrogen) atoms. The minimum absolute atomic E-state index is 0.215. The van der Waals surface area contributed by atoms with Gasteiger partial charge in [0.25, 0.3) is 0 Å². The van der Waals surface area contributed by atoms with E-state index < -0.39 is 0 Å². The summed E-state index contributed by atoms with van der Waals surface area (Å²) in [5.74, 6) is 1.11. The molecule has 1 saturated heterocycles. The van der Waals surface area contributed by atoms with Gasteiger partial charge in [-0.25, -0.2) is 14.5 Å². The number of ether oxygens (including phenoxy) is 2. The summed E-state index contributed by atoms with van der Waals surface area (Å²) < 4.78 is 12.0. The molecule has 4 heterocycles. The van der Waals surface area contributed by atoms with Crippen LogP contribution in [-0.4, -0.2) is 52.4 Å². The Balaban J connectivity index is 1.28. The molecule has 0 amide bonds. The number of cyclic esters (lactones) is 1. The molecule has 1 aromatic carbocycles. The van der Waals surface area contributed by atoms with Crippen LogP contribution in [0.25, 0.3) is 5.82 Å². The van der Waals surface area contributed by atoms with Crippen LogP contribution in [0.4, 0.5) is 0 Å². The largest absolute Gasteiger partial charge is 0.480 e. The van der Waals surface area contributed by atoms with Crippen molar-refractivity contribution in [3.8, 4) is 11.7 Å². The van der Waals surface area contributed by atoms with Gasteiger partial charge in [0.05, 0.1) is 12.7 Å². The molecule has 1 N–H and O–H groups in total. The number of nitrogens with zero attached hydrogens (tertiary/aromatic N) is 4. The third-order valence-electron chi connectivity index (χ3n) is 6.07. The van der Waals surface area contributed by atoms with Crippen molar-refractivity contribution in [2.75, 3.05) is 26.7 Å². The fraction of sp³-hybridized carbons (Fsp3) is 0.348. The lowest BCUT2D eigenvalue weighted by atomic mass is 9.93. The Morgan fingerprint density at radius 2 is 2.16 bits per heavy atom. The van der Waals surface area contributed by atoms with Gasteiger partial charge in [0, 0.05) is 56.2 Å². The normalized spacial score (nSPS) is 18.6. The van der Waals surface area contributed by atoms with Crippen LogP contribution in [0, 0.1) is 6.92 Å². The number of esters is 1. The average molecular weight is 419 g/mol. The summed E-state index contributed by atoms with van der Waals surface area (Å²) in [6, 6.07) is 10.1. The first kappa shape index (κ1) is 19.7. The van der Waals surface area contributed by atoms with Crippen molar-refractivity contribution in [2.24, 2.45) is 0 Å². The van der Waals surface area contributed by atoms with Crippen molar-refractivity contribution in [3.63, 3.8) is 0 Å². The molecule has 0 spiro atoms. The number of benzene rings is 1. The summed E-state index contributed by atoms with van der Waals surface area (Å²) in [7, 11) is 1.60. The maximum atomic E-state index is 11.8. The number of hydrogen-bond acceptors (Lipinski definition) is 7. The number of piperazine rings is 1. The number of nitrogens with one attached hydrogen (secondary N) is 1. The van der Waals surface area contributed by atoms with Crippen LogP contribution in [0.1, 0.15) is 38.7 Å². The molecule has 3 aromatic rings. The van der Waals surface area contributed by atoms with Gasteiger partial charge < -0.3 is 14.8 Å². The zero-order valence-electron chi connectivity index (χ0n) is 17.7. The van der Waals surface area contributed by atoms with E-state index in [0.717, 1.165) is 48.7 Å². The Morgan fingerprint density at radius 1 is 1.26 bits per heavy atom. The molecule has 0 bridgehead atoms. The van der Waals surface area contributed by atoms with E-state index in [4.69, 9.17) is 9.47 Å². The molecule has 0 saturated carbocycles. The molecular formula is C23H25N5O3. The van der Waals surface area contributed by atoms with Crippen molar-refractivity contribution >= 4 is 5.97 Å². The Labute approximate surface area is 180 Å². The second-order valence-corrected chi connectivity index (χ2v) is 7.95. The van der Waals surface area contributed by atoms with Gasteiger partial charge in [0.15, 0.2) is 5.82 Å². The summed E-state index contributed by atoms with van der Waals surface area (Å²) in [5, 5.41) is 7.94. The van der Waals surface area contributed by atoms with Gasteiger partial charge >= 0.3 is 5.97 Å². The quantitative estimate of drug-likeness (QED) is 0.636. The first-order valence-electron chi connectivity index (χ1n) is 10.4. The van der Waals surface area contributed by atoms with Crippen LogP contribution in [-0.2, 0) is 17.9 Å². The molecule has 2 aliphatic rings. The third-order valence-corrected chi connectivity index (χ3v) is 6.07. The molecule has 160 valence electrons. The maximum Gasteiger partial charge on any atom is 0.338 e. The standard InChI is InChI=1S/C23H25N5O3/c1-15-17(4-5-18-19(15)14-31-23(18)29)20-13-27(10-8-24-20)12-16-3-6-21(25-11-16)28-9-7-22(26-28)30-2/h3-7,9,11,20,24H,8,10,12-14H2,1-2H3. The number of carbonyl (C=O) groups is 1. The molecular weight excluding hydrogens is 394 g/mol. The highest BCUT2D eigenvalue weighted by molar-refractivity contribution is 5.94. The Bertz CT molecular complexity index is 1110. The summed E-state index contributed by atoms with van der Waals surface area (Å²) >= 11 is 0. The molecule has 5 rings (SSSR count).